The van der Waals surface area contributed by atoms with Crippen LogP contribution in [0.2, 0.25) is 0 Å². The lowest BCUT2D eigenvalue weighted by atomic mass is 10.1. The quantitative estimate of drug-likeness (QED) is 0.843. The van der Waals surface area contributed by atoms with Crippen LogP contribution in [0, 0.1) is 17.8 Å². The van der Waals surface area contributed by atoms with Crippen LogP contribution in [0.5, 0.6) is 0 Å². The molecule has 1 aromatic carbocycles. The minimum absolute atomic E-state index is 0.416. The van der Waals surface area contributed by atoms with Gasteiger partial charge in [-0.3, -0.25) is 4.90 Å². The molecule has 2 unspecified atom stereocenters. The number of benzene rings is 1. The topological polar surface area (TPSA) is 32.5 Å². The second-order valence-corrected chi connectivity index (χ2v) is 5.91. The Morgan fingerprint density at radius 2 is 1.95 bits per heavy atom. The molecule has 1 aromatic rings. The molecule has 0 aliphatic carbocycles. The maximum Gasteiger partial charge on any atom is 0.0555 e. The summed E-state index contributed by atoms with van der Waals surface area (Å²) in [6, 6.07) is 9.19. The fourth-order valence-electron chi connectivity index (χ4n) is 2.95. The fourth-order valence-corrected chi connectivity index (χ4v) is 2.95. The van der Waals surface area contributed by atoms with E-state index in [2.05, 4.69) is 66.9 Å². The van der Waals surface area contributed by atoms with Gasteiger partial charge in [-0.15, -0.1) is 0 Å². The standard InChI is InChI=1S/C17H25N3/c1-14-11-20(13-17(14)19(2)3)12-16-8-6-15(7-9-16)5-4-10-18/h6-9,14,17H,10-13,18H2,1-3H3. The Balaban J connectivity index is 1.94. The van der Waals surface area contributed by atoms with Crippen LogP contribution in [0.15, 0.2) is 24.3 Å². The number of nitrogens with zero attached hydrogens (tertiary/aromatic N) is 2. The third-order valence-corrected chi connectivity index (χ3v) is 4.01. The molecule has 0 saturated carbocycles. The van der Waals surface area contributed by atoms with E-state index in [-0.39, 0.29) is 0 Å². The van der Waals surface area contributed by atoms with E-state index in [0.717, 1.165) is 24.6 Å². The zero-order valence-corrected chi connectivity index (χ0v) is 12.8. The summed E-state index contributed by atoms with van der Waals surface area (Å²) >= 11 is 0. The van der Waals surface area contributed by atoms with Gasteiger partial charge in [0.05, 0.1) is 6.54 Å². The van der Waals surface area contributed by atoms with E-state index >= 15 is 0 Å². The van der Waals surface area contributed by atoms with Crippen molar-refractivity contribution in [3.05, 3.63) is 35.4 Å². The van der Waals surface area contributed by atoms with Gasteiger partial charge in [-0.25, -0.2) is 0 Å². The van der Waals surface area contributed by atoms with Gasteiger partial charge in [0.15, 0.2) is 0 Å². The summed E-state index contributed by atoms with van der Waals surface area (Å²) in [4.78, 5) is 4.88. The summed E-state index contributed by atoms with van der Waals surface area (Å²) in [5, 5.41) is 0. The molecule has 2 N–H and O–H groups in total. The first-order valence-electron chi connectivity index (χ1n) is 7.27. The lowest BCUT2D eigenvalue weighted by Crippen LogP contribution is -2.34. The van der Waals surface area contributed by atoms with Crippen molar-refractivity contribution in [2.45, 2.75) is 19.5 Å². The van der Waals surface area contributed by atoms with Gasteiger partial charge in [-0.1, -0.05) is 30.9 Å². The van der Waals surface area contributed by atoms with Gasteiger partial charge in [-0.2, -0.15) is 0 Å². The Labute approximate surface area is 122 Å². The molecule has 1 aliphatic rings. The first-order valence-corrected chi connectivity index (χ1v) is 7.27. The van der Waals surface area contributed by atoms with Crippen molar-refractivity contribution >= 4 is 0 Å². The molecule has 2 rings (SSSR count). The van der Waals surface area contributed by atoms with Crippen LogP contribution in [0.25, 0.3) is 0 Å². The van der Waals surface area contributed by atoms with Gasteiger partial charge in [0.1, 0.15) is 0 Å². The molecule has 0 spiro atoms. The molecule has 0 aromatic heterocycles. The molecule has 0 amide bonds. The molecule has 3 nitrogen and oxygen atoms in total. The van der Waals surface area contributed by atoms with Gasteiger partial charge >= 0.3 is 0 Å². The Bertz CT molecular complexity index is 481. The van der Waals surface area contributed by atoms with E-state index in [9.17, 15) is 0 Å². The van der Waals surface area contributed by atoms with E-state index in [1.165, 1.54) is 12.1 Å². The van der Waals surface area contributed by atoms with Crippen molar-refractivity contribution in [1.29, 1.82) is 0 Å². The van der Waals surface area contributed by atoms with Crippen molar-refractivity contribution in [1.82, 2.24) is 9.80 Å². The van der Waals surface area contributed by atoms with E-state index in [4.69, 9.17) is 5.73 Å². The molecule has 2 atom stereocenters. The second-order valence-electron chi connectivity index (χ2n) is 5.91. The van der Waals surface area contributed by atoms with E-state index in [1.807, 2.05) is 0 Å². The maximum absolute atomic E-state index is 5.38. The third kappa shape index (κ3) is 3.83. The van der Waals surface area contributed by atoms with Crippen molar-refractivity contribution < 1.29 is 0 Å². The Morgan fingerprint density at radius 3 is 2.50 bits per heavy atom. The van der Waals surface area contributed by atoms with Crippen LogP contribution < -0.4 is 5.73 Å². The highest BCUT2D eigenvalue weighted by molar-refractivity contribution is 5.36. The molecule has 1 fully saturated rings. The third-order valence-electron chi connectivity index (χ3n) is 4.01. The highest BCUT2D eigenvalue weighted by Gasteiger charge is 2.30. The molecular weight excluding hydrogens is 246 g/mol. The van der Waals surface area contributed by atoms with Gasteiger partial charge in [0.2, 0.25) is 0 Å². The number of hydrogen-bond donors (Lipinski definition) is 1. The van der Waals surface area contributed by atoms with Crippen LogP contribution in [0.1, 0.15) is 18.1 Å². The molecule has 1 aliphatic heterocycles. The van der Waals surface area contributed by atoms with Gasteiger partial charge in [0, 0.05) is 31.2 Å². The van der Waals surface area contributed by atoms with Crippen LogP contribution in [-0.2, 0) is 6.54 Å². The van der Waals surface area contributed by atoms with E-state index in [1.54, 1.807) is 0 Å². The smallest absolute Gasteiger partial charge is 0.0555 e. The lowest BCUT2D eigenvalue weighted by Gasteiger charge is -2.22. The molecule has 0 bridgehead atoms. The predicted molar refractivity (Wildman–Crippen MR) is 84.3 cm³/mol. The first-order chi connectivity index (χ1) is 9.60. The second kappa shape index (κ2) is 6.90. The summed E-state index contributed by atoms with van der Waals surface area (Å²) in [6.45, 7) is 6.12. The average molecular weight is 271 g/mol. The summed E-state index contributed by atoms with van der Waals surface area (Å²) in [5.74, 6) is 6.68. The van der Waals surface area contributed by atoms with Gasteiger partial charge in [0.25, 0.3) is 0 Å². The molecule has 108 valence electrons. The van der Waals surface area contributed by atoms with Crippen LogP contribution in [-0.4, -0.2) is 49.6 Å². The van der Waals surface area contributed by atoms with Gasteiger partial charge < -0.3 is 10.6 Å². The van der Waals surface area contributed by atoms with Crippen molar-refractivity contribution in [2.75, 3.05) is 33.7 Å². The average Bonchev–Trinajstić information content (AvgIpc) is 2.79. The fraction of sp³-hybridized carbons (Fsp3) is 0.529. The molecule has 1 saturated heterocycles. The number of likely N-dealkylation sites (tertiary alicyclic amines) is 1. The summed E-state index contributed by atoms with van der Waals surface area (Å²) in [7, 11) is 4.35. The van der Waals surface area contributed by atoms with Crippen LogP contribution >= 0.6 is 0 Å². The summed E-state index contributed by atoms with van der Waals surface area (Å²) in [6.07, 6.45) is 0. The van der Waals surface area contributed by atoms with Crippen molar-refractivity contribution in [3.63, 3.8) is 0 Å². The normalized spacial score (nSPS) is 22.9. The molecular formula is C17H25N3. The molecule has 20 heavy (non-hydrogen) atoms. The predicted octanol–water partition coefficient (Wildman–Crippen LogP) is 1.38. The Morgan fingerprint density at radius 1 is 1.25 bits per heavy atom. The SMILES string of the molecule is CC1CN(Cc2ccc(C#CCN)cc2)CC1N(C)C. The largest absolute Gasteiger partial charge is 0.320 e. The van der Waals surface area contributed by atoms with Crippen LogP contribution in [0.4, 0.5) is 0 Å². The minimum atomic E-state index is 0.416. The van der Waals surface area contributed by atoms with Gasteiger partial charge in [-0.05, 0) is 37.7 Å². The monoisotopic (exact) mass is 271 g/mol. The molecule has 0 radical (unpaired) electrons. The number of nitrogens with two attached hydrogens (primary N) is 1. The number of rotatable bonds is 3. The molecule has 1 heterocycles. The number of hydrogen-bond acceptors (Lipinski definition) is 3. The summed E-state index contributed by atoms with van der Waals surface area (Å²) < 4.78 is 0. The Hall–Kier alpha value is -1.34. The van der Waals surface area contributed by atoms with Crippen LogP contribution in [0.3, 0.4) is 0 Å². The first kappa shape index (κ1) is 15.1. The molecule has 3 heteroatoms. The zero-order chi connectivity index (χ0) is 14.5. The minimum Gasteiger partial charge on any atom is -0.320 e. The highest BCUT2D eigenvalue weighted by Crippen LogP contribution is 2.21. The van der Waals surface area contributed by atoms with Crippen molar-refractivity contribution in [3.8, 4) is 11.8 Å². The zero-order valence-electron chi connectivity index (χ0n) is 12.8. The number of likely N-dealkylation sites (N-methyl/N-ethyl adjacent to an activating group) is 1. The Kier molecular flexibility index (Phi) is 5.19. The van der Waals surface area contributed by atoms with E-state index in [0.29, 0.717) is 12.6 Å². The highest BCUT2D eigenvalue weighted by atomic mass is 15.2. The van der Waals surface area contributed by atoms with E-state index < -0.39 is 0 Å². The maximum atomic E-state index is 5.38. The lowest BCUT2D eigenvalue weighted by molar-refractivity contribution is 0.250. The van der Waals surface area contributed by atoms with Crippen molar-refractivity contribution in [2.24, 2.45) is 11.7 Å². The summed E-state index contributed by atoms with van der Waals surface area (Å²) in [5.41, 5.74) is 7.78.